The Balaban J connectivity index is 0.00000289. The monoisotopic (exact) mass is 275 g/mol. The van der Waals surface area contributed by atoms with Crippen molar-refractivity contribution in [3.63, 3.8) is 0 Å². The molecule has 1 aromatic carbocycles. The van der Waals surface area contributed by atoms with Crippen LogP contribution in [0.5, 0.6) is 11.5 Å². The molecular formula is C13H22ClNO3. The SMILES string of the molecule is CC(C)CC[C@H](O)[C@H](N)c1cc(O)ccc1O.Cl. The number of aliphatic hydroxyl groups is 1. The quantitative estimate of drug-likeness (QED) is 0.621. The highest BCUT2D eigenvalue weighted by Gasteiger charge is 2.20. The highest BCUT2D eigenvalue weighted by atomic mass is 35.5. The minimum atomic E-state index is -0.718. The summed E-state index contributed by atoms with van der Waals surface area (Å²) < 4.78 is 0. The van der Waals surface area contributed by atoms with Crippen molar-refractivity contribution in [1.29, 1.82) is 0 Å². The van der Waals surface area contributed by atoms with Crippen LogP contribution in [-0.2, 0) is 0 Å². The topological polar surface area (TPSA) is 86.7 Å². The van der Waals surface area contributed by atoms with Crippen LogP contribution in [0.1, 0.15) is 38.3 Å². The number of phenols is 2. The number of aromatic hydroxyl groups is 2. The average Bonchev–Trinajstić information content (AvgIpc) is 2.28. The molecule has 1 rings (SSSR count). The molecule has 0 aliphatic carbocycles. The fourth-order valence-corrected chi connectivity index (χ4v) is 1.70. The van der Waals surface area contributed by atoms with E-state index in [1.165, 1.54) is 18.2 Å². The van der Waals surface area contributed by atoms with Crippen LogP contribution in [0.2, 0.25) is 0 Å². The van der Waals surface area contributed by atoms with Crippen molar-refractivity contribution in [2.75, 3.05) is 0 Å². The normalized spacial score (nSPS) is 14.1. The predicted octanol–water partition coefficient (Wildman–Crippen LogP) is 2.32. The number of hydrogen-bond acceptors (Lipinski definition) is 4. The van der Waals surface area contributed by atoms with Crippen LogP contribution in [0.3, 0.4) is 0 Å². The van der Waals surface area contributed by atoms with Gasteiger partial charge in [0.1, 0.15) is 11.5 Å². The van der Waals surface area contributed by atoms with Gasteiger partial charge in [-0.25, -0.2) is 0 Å². The summed E-state index contributed by atoms with van der Waals surface area (Å²) in [4.78, 5) is 0. The van der Waals surface area contributed by atoms with Gasteiger partial charge >= 0.3 is 0 Å². The van der Waals surface area contributed by atoms with Crippen molar-refractivity contribution in [2.45, 2.75) is 38.8 Å². The van der Waals surface area contributed by atoms with E-state index in [2.05, 4.69) is 13.8 Å². The van der Waals surface area contributed by atoms with E-state index in [-0.39, 0.29) is 23.9 Å². The van der Waals surface area contributed by atoms with Gasteiger partial charge < -0.3 is 21.1 Å². The Labute approximate surface area is 114 Å². The van der Waals surface area contributed by atoms with E-state index in [0.29, 0.717) is 17.9 Å². The number of hydrogen-bond donors (Lipinski definition) is 4. The maximum absolute atomic E-state index is 9.92. The molecule has 5 N–H and O–H groups in total. The minimum absolute atomic E-state index is 0. The molecule has 0 radical (unpaired) electrons. The summed E-state index contributed by atoms with van der Waals surface area (Å²) in [6.45, 7) is 4.15. The van der Waals surface area contributed by atoms with Crippen LogP contribution in [0.25, 0.3) is 0 Å². The molecule has 0 amide bonds. The van der Waals surface area contributed by atoms with Gasteiger partial charge in [-0.2, -0.15) is 0 Å². The molecule has 2 atom stereocenters. The van der Waals surface area contributed by atoms with Gasteiger partial charge in [0.15, 0.2) is 0 Å². The van der Waals surface area contributed by atoms with E-state index >= 15 is 0 Å². The Morgan fingerprint density at radius 1 is 1.17 bits per heavy atom. The Kier molecular flexibility index (Phi) is 7.06. The smallest absolute Gasteiger partial charge is 0.120 e. The Morgan fingerprint density at radius 3 is 2.33 bits per heavy atom. The number of halogens is 1. The van der Waals surface area contributed by atoms with Crippen molar-refractivity contribution >= 4 is 12.4 Å². The van der Waals surface area contributed by atoms with Gasteiger partial charge in [-0.3, -0.25) is 0 Å². The fraction of sp³-hybridized carbons (Fsp3) is 0.538. The predicted molar refractivity (Wildman–Crippen MR) is 74.0 cm³/mol. The van der Waals surface area contributed by atoms with E-state index in [1.807, 2.05) is 0 Å². The summed E-state index contributed by atoms with van der Waals surface area (Å²) >= 11 is 0. The van der Waals surface area contributed by atoms with E-state index in [4.69, 9.17) is 5.73 Å². The summed E-state index contributed by atoms with van der Waals surface area (Å²) in [5, 5.41) is 28.9. The van der Waals surface area contributed by atoms with E-state index in [0.717, 1.165) is 6.42 Å². The van der Waals surface area contributed by atoms with Gasteiger partial charge in [0.05, 0.1) is 12.1 Å². The van der Waals surface area contributed by atoms with Gasteiger partial charge in [-0.1, -0.05) is 13.8 Å². The Bertz CT molecular complexity index is 371. The first-order valence-electron chi connectivity index (χ1n) is 5.87. The number of rotatable bonds is 5. The molecule has 0 bridgehead atoms. The zero-order valence-electron chi connectivity index (χ0n) is 10.7. The summed E-state index contributed by atoms with van der Waals surface area (Å²) in [6, 6.07) is 3.46. The molecule has 4 nitrogen and oxygen atoms in total. The third kappa shape index (κ3) is 4.72. The molecule has 104 valence electrons. The van der Waals surface area contributed by atoms with Crippen LogP contribution in [0.15, 0.2) is 18.2 Å². The summed E-state index contributed by atoms with van der Waals surface area (Å²) in [5.74, 6) is 0.526. The number of aliphatic hydroxyl groups excluding tert-OH is 1. The lowest BCUT2D eigenvalue weighted by Gasteiger charge is -2.21. The highest BCUT2D eigenvalue weighted by Crippen LogP contribution is 2.29. The molecule has 18 heavy (non-hydrogen) atoms. The van der Waals surface area contributed by atoms with E-state index in [9.17, 15) is 15.3 Å². The molecule has 0 aromatic heterocycles. The first-order chi connectivity index (χ1) is 7.91. The molecule has 0 saturated carbocycles. The molecule has 0 heterocycles. The maximum atomic E-state index is 9.92. The zero-order chi connectivity index (χ0) is 13.0. The van der Waals surface area contributed by atoms with Crippen molar-refractivity contribution in [3.05, 3.63) is 23.8 Å². The number of benzene rings is 1. The lowest BCUT2D eigenvalue weighted by Crippen LogP contribution is -2.26. The molecule has 0 aliphatic rings. The lowest BCUT2D eigenvalue weighted by atomic mass is 9.95. The number of phenolic OH excluding ortho intramolecular Hbond substituents is 2. The molecule has 5 heteroatoms. The third-order valence-electron chi connectivity index (χ3n) is 2.82. The molecule has 0 saturated heterocycles. The van der Waals surface area contributed by atoms with Gasteiger partial charge in [0.25, 0.3) is 0 Å². The highest BCUT2D eigenvalue weighted by molar-refractivity contribution is 5.85. The van der Waals surface area contributed by atoms with Gasteiger partial charge in [0, 0.05) is 5.56 Å². The Hall–Kier alpha value is -0.970. The molecule has 0 fully saturated rings. The van der Waals surface area contributed by atoms with Crippen LogP contribution in [0.4, 0.5) is 0 Å². The summed E-state index contributed by atoms with van der Waals surface area (Å²) in [6.07, 6.45) is 0.729. The molecular weight excluding hydrogens is 254 g/mol. The Morgan fingerprint density at radius 2 is 1.78 bits per heavy atom. The van der Waals surface area contributed by atoms with E-state index in [1.54, 1.807) is 0 Å². The minimum Gasteiger partial charge on any atom is -0.508 e. The van der Waals surface area contributed by atoms with Crippen molar-refractivity contribution in [1.82, 2.24) is 0 Å². The van der Waals surface area contributed by atoms with Gasteiger partial charge in [0.2, 0.25) is 0 Å². The standard InChI is InChI=1S/C13H21NO3.ClH/c1-8(2)3-5-12(17)13(14)10-7-9(15)4-6-11(10)16;/h4,6-8,12-13,15-17H,3,5,14H2,1-2H3;1H/t12-,13+;/m0./s1. The summed E-state index contributed by atoms with van der Waals surface area (Å²) in [7, 11) is 0. The largest absolute Gasteiger partial charge is 0.508 e. The lowest BCUT2D eigenvalue weighted by molar-refractivity contribution is 0.127. The second kappa shape index (κ2) is 7.46. The van der Waals surface area contributed by atoms with Crippen LogP contribution in [-0.4, -0.2) is 21.4 Å². The maximum Gasteiger partial charge on any atom is 0.120 e. The van der Waals surface area contributed by atoms with Gasteiger partial charge in [-0.15, -0.1) is 12.4 Å². The van der Waals surface area contributed by atoms with Crippen molar-refractivity contribution in [2.24, 2.45) is 11.7 Å². The van der Waals surface area contributed by atoms with Crippen LogP contribution in [0, 0.1) is 5.92 Å². The average molecular weight is 276 g/mol. The molecule has 0 spiro atoms. The first-order valence-corrected chi connectivity index (χ1v) is 5.87. The summed E-state index contributed by atoms with van der Waals surface area (Å²) in [5.41, 5.74) is 6.25. The molecule has 0 unspecified atom stereocenters. The molecule has 0 aliphatic heterocycles. The van der Waals surface area contributed by atoms with Gasteiger partial charge in [-0.05, 0) is 37.0 Å². The zero-order valence-corrected chi connectivity index (χ0v) is 11.5. The third-order valence-corrected chi connectivity index (χ3v) is 2.82. The first kappa shape index (κ1) is 17.0. The van der Waals surface area contributed by atoms with Crippen molar-refractivity contribution in [3.8, 4) is 11.5 Å². The van der Waals surface area contributed by atoms with Crippen molar-refractivity contribution < 1.29 is 15.3 Å². The molecule has 1 aromatic rings. The second-order valence-corrected chi connectivity index (χ2v) is 4.81. The van der Waals surface area contributed by atoms with Crippen LogP contribution >= 0.6 is 12.4 Å². The fourth-order valence-electron chi connectivity index (χ4n) is 1.70. The second-order valence-electron chi connectivity index (χ2n) is 4.81. The van der Waals surface area contributed by atoms with Crippen LogP contribution < -0.4 is 5.73 Å². The van der Waals surface area contributed by atoms with E-state index < -0.39 is 12.1 Å². The number of nitrogens with two attached hydrogens (primary N) is 1.